The quantitative estimate of drug-likeness (QED) is 0.361. The van der Waals surface area contributed by atoms with E-state index in [1.165, 1.54) is 6.07 Å². The molecule has 0 atom stereocenters. The van der Waals surface area contributed by atoms with E-state index in [0.29, 0.717) is 28.2 Å². The number of benzene rings is 3. The average Bonchev–Trinajstić information content (AvgIpc) is 2.77. The Morgan fingerprint density at radius 2 is 1.21 bits per heavy atom. The van der Waals surface area contributed by atoms with E-state index >= 15 is 0 Å². The molecular formula is C24H23N3O5S2. The zero-order valence-electron chi connectivity index (χ0n) is 18.7. The fraction of sp³-hybridized carbons (Fsp3) is 0.125. The molecule has 0 unspecified atom stereocenters. The molecule has 0 saturated carbocycles. The molecule has 10 heteroatoms. The summed E-state index contributed by atoms with van der Waals surface area (Å²) >= 11 is 0. The van der Waals surface area contributed by atoms with E-state index in [-0.39, 0.29) is 15.8 Å². The molecule has 1 heterocycles. The number of rotatable bonds is 6. The number of nitrogens with one attached hydrogen (secondary N) is 2. The van der Waals surface area contributed by atoms with Crippen LogP contribution >= 0.6 is 0 Å². The topological polar surface area (TPSA) is 125 Å². The van der Waals surface area contributed by atoms with Crippen molar-refractivity contribution in [3.05, 3.63) is 83.6 Å². The first-order chi connectivity index (χ1) is 16.0. The molecule has 34 heavy (non-hydrogen) atoms. The number of para-hydroxylation sites is 2. The number of phenols is 1. The van der Waals surface area contributed by atoms with Crippen molar-refractivity contribution in [3.63, 3.8) is 0 Å². The lowest BCUT2D eigenvalue weighted by Gasteiger charge is -2.16. The van der Waals surface area contributed by atoms with E-state index in [0.717, 1.165) is 6.07 Å². The minimum Gasteiger partial charge on any atom is -0.504 e. The number of aromatic hydroxyl groups is 1. The smallest absolute Gasteiger partial charge is 0.265 e. The van der Waals surface area contributed by atoms with Crippen molar-refractivity contribution in [2.24, 2.45) is 0 Å². The van der Waals surface area contributed by atoms with E-state index < -0.39 is 30.7 Å². The number of pyridine rings is 1. The monoisotopic (exact) mass is 497 g/mol. The summed E-state index contributed by atoms with van der Waals surface area (Å²) in [5.74, 6) is -0.630. The molecule has 0 aliphatic carbocycles. The van der Waals surface area contributed by atoms with Crippen LogP contribution < -0.4 is 9.44 Å². The Kier molecular flexibility index (Phi) is 5.96. The fourth-order valence-corrected chi connectivity index (χ4v) is 6.20. The highest BCUT2D eigenvalue weighted by molar-refractivity contribution is 7.93. The molecule has 0 bridgehead atoms. The number of phenolic OH excluding ortho intramolecular Hbond substituents is 1. The standard InChI is InChI=1S/C24H23N3O5S2/c1-15-8-4-6-10-19(15)26-33(29,30)21-14-22(24(28)23-18(21)13-12-17(3)25-23)34(31,32)27-20-11-7-5-9-16(20)2/h4-14,26-28H,1-3H3. The summed E-state index contributed by atoms with van der Waals surface area (Å²) in [5.41, 5.74) is 2.37. The van der Waals surface area contributed by atoms with Gasteiger partial charge in [0.15, 0.2) is 5.75 Å². The van der Waals surface area contributed by atoms with Crippen LogP contribution in [-0.4, -0.2) is 26.9 Å². The third kappa shape index (κ3) is 4.42. The highest BCUT2D eigenvalue weighted by Crippen LogP contribution is 2.37. The highest BCUT2D eigenvalue weighted by Gasteiger charge is 2.29. The molecule has 1 aromatic heterocycles. The normalized spacial score (nSPS) is 12.0. The Morgan fingerprint density at radius 1 is 0.706 bits per heavy atom. The SMILES string of the molecule is Cc1ccc2c(S(=O)(=O)Nc3ccccc3C)cc(S(=O)(=O)Nc3ccccc3C)c(O)c2n1. The number of hydrogen-bond donors (Lipinski definition) is 3. The van der Waals surface area contributed by atoms with E-state index in [1.54, 1.807) is 75.4 Å². The van der Waals surface area contributed by atoms with Crippen LogP contribution in [0.4, 0.5) is 11.4 Å². The molecule has 0 saturated heterocycles. The van der Waals surface area contributed by atoms with Gasteiger partial charge in [-0.25, -0.2) is 21.8 Å². The first-order valence-electron chi connectivity index (χ1n) is 10.3. The van der Waals surface area contributed by atoms with Crippen LogP contribution in [-0.2, 0) is 20.0 Å². The second-order valence-electron chi connectivity index (χ2n) is 7.91. The molecule has 0 aliphatic heterocycles. The molecule has 3 aromatic carbocycles. The lowest BCUT2D eigenvalue weighted by molar-refractivity contribution is 0.463. The Balaban J connectivity index is 1.94. The summed E-state index contributed by atoms with van der Waals surface area (Å²) < 4.78 is 58.3. The third-order valence-corrected chi connectivity index (χ3v) is 8.16. The van der Waals surface area contributed by atoms with Gasteiger partial charge in [-0.1, -0.05) is 36.4 Å². The number of aryl methyl sites for hydroxylation is 3. The second kappa shape index (κ2) is 8.62. The summed E-state index contributed by atoms with van der Waals surface area (Å²) in [4.78, 5) is 3.33. The number of nitrogens with zero attached hydrogens (tertiary/aromatic N) is 1. The van der Waals surface area contributed by atoms with Crippen molar-refractivity contribution in [1.82, 2.24) is 4.98 Å². The number of hydrogen-bond acceptors (Lipinski definition) is 6. The van der Waals surface area contributed by atoms with Gasteiger partial charge in [0.25, 0.3) is 20.0 Å². The fourth-order valence-electron chi connectivity index (χ4n) is 3.52. The minimum absolute atomic E-state index is 0.0963. The zero-order chi connectivity index (χ0) is 24.7. The van der Waals surface area contributed by atoms with Gasteiger partial charge in [-0.2, -0.15) is 0 Å². The number of anilines is 2. The maximum Gasteiger partial charge on any atom is 0.265 e. The van der Waals surface area contributed by atoms with Crippen molar-refractivity contribution < 1.29 is 21.9 Å². The summed E-state index contributed by atoms with van der Waals surface area (Å²) in [6.45, 7) is 5.14. The molecule has 0 spiro atoms. The molecule has 8 nitrogen and oxygen atoms in total. The highest BCUT2D eigenvalue weighted by atomic mass is 32.2. The largest absolute Gasteiger partial charge is 0.504 e. The third-order valence-electron chi connectivity index (χ3n) is 5.38. The van der Waals surface area contributed by atoms with Crippen LogP contribution in [0.2, 0.25) is 0 Å². The van der Waals surface area contributed by atoms with Crippen molar-refractivity contribution in [1.29, 1.82) is 0 Å². The predicted molar refractivity (Wildman–Crippen MR) is 132 cm³/mol. The summed E-state index contributed by atoms with van der Waals surface area (Å²) in [6.07, 6.45) is 0. The lowest BCUT2D eigenvalue weighted by atomic mass is 10.2. The maximum atomic E-state index is 13.4. The molecule has 0 fully saturated rings. The Hall–Kier alpha value is -3.63. The molecule has 4 aromatic rings. The Labute approximate surface area is 198 Å². The first kappa shape index (κ1) is 23.5. The van der Waals surface area contributed by atoms with Crippen LogP contribution in [0.3, 0.4) is 0 Å². The van der Waals surface area contributed by atoms with Gasteiger partial charge >= 0.3 is 0 Å². The molecule has 4 rings (SSSR count). The van der Waals surface area contributed by atoms with E-state index in [4.69, 9.17) is 0 Å². The van der Waals surface area contributed by atoms with Gasteiger partial charge in [0.2, 0.25) is 0 Å². The van der Waals surface area contributed by atoms with Crippen LogP contribution in [0.25, 0.3) is 10.9 Å². The van der Waals surface area contributed by atoms with E-state index in [1.807, 2.05) is 0 Å². The van der Waals surface area contributed by atoms with Crippen LogP contribution in [0.5, 0.6) is 5.75 Å². The summed E-state index contributed by atoms with van der Waals surface area (Å²) in [6, 6.07) is 17.6. The second-order valence-corrected chi connectivity index (χ2v) is 11.2. The molecule has 176 valence electrons. The van der Waals surface area contributed by atoms with Crippen molar-refractivity contribution in [2.45, 2.75) is 30.6 Å². The van der Waals surface area contributed by atoms with Gasteiger partial charge in [-0.3, -0.25) is 9.44 Å². The van der Waals surface area contributed by atoms with Crippen LogP contribution in [0.1, 0.15) is 16.8 Å². The van der Waals surface area contributed by atoms with Crippen molar-refractivity contribution in [3.8, 4) is 5.75 Å². The first-order valence-corrected chi connectivity index (χ1v) is 13.3. The average molecular weight is 498 g/mol. The van der Waals surface area contributed by atoms with Gasteiger partial charge < -0.3 is 5.11 Å². The van der Waals surface area contributed by atoms with E-state index in [9.17, 15) is 21.9 Å². The number of fused-ring (bicyclic) bond motifs is 1. The molecule has 0 aliphatic rings. The summed E-state index contributed by atoms with van der Waals surface area (Å²) in [7, 11) is -8.62. The van der Waals surface area contributed by atoms with Gasteiger partial charge in [0.1, 0.15) is 10.4 Å². The predicted octanol–water partition coefficient (Wildman–Crippen LogP) is 4.47. The maximum absolute atomic E-state index is 13.4. The number of sulfonamides is 2. The van der Waals surface area contributed by atoms with Gasteiger partial charge in [-0.15, -0.1) is 0 Å². The van der Waals surface area contributed by atoms with Crippen molar-refractivity contribution in [2.75, 3.05) is 9.44 Å². The van der Waals surface area contributed by atoms with Gasteiger partial charge in [0.05, 0.1) is 16.3 Å². The van der Waals surface area contributed by atoms with Crippen LogP contribution in [0.15, 0.2) is 76.5 Å². The lowest BCUT2D eigenvalue weighted by Crippen LogP contribution is -2.18. The Morgan fingerprint density at radius 3 is 1.74 bits per heavy atom. The molecular weight excluding hydrogens is 474 g/mol. The molecule has 0 radical (unpaired) electrons. The molecule has 0 amide bonds. The minimum atomic E-state index is -4.37. The zero-order valence-corrected chi connectivity index (χ0v) is 20.3. The van der Waals surface area contributed by atoms with Crippen LogP contribution in [0, 0.1) is 20.8 Å². The van der Waals surface area contributed by atoms with Gasteiger partial charge in [-0.05, 0) is 62.2 Å². The summed E-state index contributed by atoms with van der Waals surface area (Å²) in [5, 5.41) is 11.0. The van der Waals surface area contributed by atoms with Gasteiger partial charge in [0, 0.05) is 11.1 Å². The number of aromatic nitrogens is 1. The Bertz CT molecular complexity index is 1630. The van der Waals surface area contributed by atoms with E-state index in [2.05, 4.69) is 14.4 Å². The van der Waals surface area contributed by atoms with Crippen molar-refractivity contribution >= 4 is 42.3 Å². The molecule has 3 N–H and O–H groups in total.